The topological polar surface area (TPSA) is 0 Å². The Labute approximate surface area is 138 Å². The van der Waals surface area contributed by atoms with Gasteiger partial charge in [0.2, 0.25) is 0 Å². The van der Waals surface area contributed by atoms with Crippen molar-refractivity contribution in [3.63, 3.8) is 0 Å². The summed E-state index contributed by atoms with van der Waals surface area (Å²) in [7, 11) is 0. The monoisotopic (exact) mass is 318 g/mol. The molecule has 0 spiro atoms. The second-order valence-corrected chi connectivity index (χ2v) is 8.04. The molecular formula is C20H24ClF. The zero-order valence-corrected chi connectivity index (χ0v) is 14.8. The van der Waals surface area contributed by atoms with Crippen LogP contribution < -0.4 is 0 Å². The Hall–Kier alpha value is -1.34. The van der Waals surface area contributed by atoms with Crippen molar-refractivity contribution in [1.29, 1.82) is 0 Å². The maximum Gasteiger partial charge on any atom is 0.124 e. The SMILES string of the molecule is CC(C)(C)c1ccc(CC(C)(C)c2ccc(F)cc2Cl)cc1. The van der Waals surface area contributed by atoms with Gasteiger partial charge in [-0.15, -0.1) is 0 Å². The van der Waals surface area contributed by atoms with Crippen LogP contribution in [0.25, 0.3) is 0 Å². The van der Waals surface area contributed by atoms with E-state index in [-0.39, 0.29) is 16.6 Å². The molecule has 0 saturated heterocycles. The van der Waals surface area contributed by atoms with Gasteiger partial charge in [-0.1, -0.05) is 76.6 Å². The molecule has 2 aromatic carbocycles. The van der Waals surface area contributed by atoms with Gasteiger partial charge in [-0.2, -0.15) is 0 Å². The fraction of sp³-hybridized carbons (Fsp3) is 0.400. The van der Waals surface area contributed by atoms with E-state index in [1.54, 1.807) is 6.07 Å². The Morgan fingerprint density at radius 2 is 1.50 bits per heavy atom. The molecule has 0 radical (unpaired) electrons. The van der Waals surface area contributed by atoms with Crippen molar-refractivity contribution < 1.29 is 4.39 Å². The van der Waals surface area contributed by atoms with Crippen molar-refractivity contribution in [3.8, 4) is 0 Å². The molecule has 0 unspecified atom stereocenters. The van der Waals surface area contributed by atoms with Gasteiger partial charge in [-0.05, 0) is 46.1 Å². The molecule has 0 aromatic heterocycles. The maximum atomic E-state index is 13.2. The average Bonchev–Trinajstić information content (AvgIpc) is 2.37. The van der Waals surface area contributed by atoms with Crippen molar-refractivity contribution in [2.45, 2.75) is 51.9 Å². The summed E-state index contributed by atoms with van der Waals surface area (Å²) in [4.78, 5) is 0. The molecule has 0 aliphatic carbocycles. The van der Waals surface area contributed by atoms with Crippen molar-refractivity contribution in [3.05, 3.63) is 70.0 Å². The Kier molecular flexibility index (Phi) is 4.67. The summed E-state index contributed by atoms with van der Waals surface area (Å²) in [5, 5.41) is 0.497. The second kappa shape index (κ2) is 6.04. The minimum absolute atomic E-state index is 0.145. The van der Waals surface area contributed by atoms with Crippen LogP contribution in [0.5, 0.6) is 0 Å². The van der Waals surface area contributed by atoms with Crippen molar-refractivity contribution in [2.24, 2.45) is 0 Å². The molecule has 0 fully saturated rings. The van der Waals surface area contributed by atoms with Crippen LogP contribution in [0.1, 0.15) is 51.3 Å². The van der Waals surface area contributed by atoms with Crippen LogP contribution in [0.3, 0.4) is 0 Å². The highest BCUT2D eigenvalue weighted by molar-refractivity contribution is 6.31. The molecule has 118 valence electrons. The fourth-order valence-corrected chi connectivity index (χ4v) is 3.19. The average molecular weight is 319 g/mol. The van der Waals surface area contributed by atoms with E-state index in [0.29, 0.717) is 5.02 Å². The molecule has 0 saturated carbocycles. The third kappa shape index (κ3) is 3.89. The van der Waals surface area contributed by atoms with Crippen LogP contribution in [-0.4, -0.2) is 0 Å². The van der Waals surface area contributed by atoms with Crippen LogP contribution >= 0.6 is 11.6 Å². The summed E-state index contributed by atoms with van der Waals surface area (Å²) in [6, 6.07) is 13.4. The standard InChI is InChI=1S/C20H24ClF/c1-19(2,3)15-8-6-14(7-9-15)13-20(4,5)17-11-10-16(22)12-18(17)21/h6-12H,13H2,1-5H3. The van der Waals surface area contributed by atoms with E-state index in [1.807, 2.05) is 0 Å². The number of hydrogen-bond acceptors (Lipinski definition) is 0. The summed E-state index contributed by atoms with van der Waals surface area (Å²) in [6.45, 7) is 10.9. The zero-order valence-electron chi connectivity index (χ0n) is 14.0. The van der Waals surface area contributed by atoms with E-state index in [0.717, 1.165) is 12.0 Å². The number of halogens is 2. The highest BCUT2D eigenvalue weighted by Crippen LogP contribution is 2.34. The molecule has 0 atom stereocenters. The molecule has 0 aliphatic rings. The first kappa shape index (κ1) is 17.0. The molecule has 0 bridgehead atoms. The van der Waals surface area contributed by atoms with Gasteiger partial charge in [0.15, 0.2) is 0 Å². The first-order chi connectivity index (χ1) is 10.1. The van der Waals surface area contributed by atoms with Gasteiger partial charge >= 0.3 is 0 Å². The quantitative estimate of drug-likeness (QED) is 0.623. The summed E-state index contributed by atoms with van der Waals surface area (Å²) >= 11 is 6.23. The summed E-state index contributed by atoms with van der Waals surface area (Å²) in [5.41, 5.74) is 3.59. The molecular weight excluding hydrogens is 295 g/mol. The zero-order chi connectivity index (χ0) is 16.5. The number of benzene rings is 2. The molecule has 2 aromatic rings. The van der Waals surface area contributed by atoms with E-state index >= 15 is 0 Å². The van der Waals surface area contributed by atoms with E-state index in [9.17, 15) is 4.39 Å². The molecule has 2 rings (SSSR count). The highest BCUT2D eigenvalue weighted by Gasteiger charge is 2.24. The molecule has 0 N–H and O–H groups in total. The molecule has 0 heterocycles. The Balaban J connectivity index is 2.25. The van der Waals surface area contributed by atoms with Crippen LogP contribution in [0, 0.1) is 5.82 Å². The minimum atomic E-state index is -0.293. The molecule has 0 nitrogen and oxygen atoms in total. The first-order valence-electron chi connectivity index (χ1n) is 7.64. The maximum absolute atomic E-state index is 13.2. The minimum Gasteiger partial charge on any atom is -0.207 e. The van der Waals surface area contributed by atoms with Crippen LogP contribution in [0.4, 0.5) is 4.39 Å². The lowest BCUT2D eigenvalue weighted by Gasteiger charge is -2.27. The largest absolute Gasteiger partial charge is 0.207 e. The van der Waals surface area contributed by atoms with Crippen molar-refractivity contribution in [2.75, 3.05) is 0 Å². The normalized spacial score (nSPS) is 12.5. The van der Waals surface area contributed by atoms with Gasteiger partial charge in [0, 0.05) is 5.02 Å². The Bertz CT molecular complexity index is 648. The van der Waals surface area contributed by atoms with Gasteiger partial charge in [0.25, 0.3) is 0 Å². The third-order valence-electron chi connectivity index (χ3n) is 4.13. The van der Waals surface area contributed by atoms with Gasteiger partial charge in [-0.25, -0.2) is 4.39 Å². The van der Waals surface area contributed by atoms with E-state index in [4.69, 9.17) is 11.6 Å². The van der Waals surface area contributed by atoms with Crippen LogP contribution in [-0.2, 0) is 17.3 Å². The fourth-order valence-electron chi connectivity index (χ4n) is 2.77. The predicted octanol–water partition coefficient (Wildman–Crippen LogP) is 6.30. The van der Waals surface area contributed by atoms with Crippen LogP contribution in [0.15, 0.2) is 42.5 Å². The Morgan fingerprint density at radius 3 is 2.00 bits per heavy atom. The van der Waals surface area contributed by atoms with Crippen molar-refractivity contribution >= 4 is 11.6 Å². The van der Waals surface area contributed by atoms with E-state index < -0.39 is 0 Å². The van der Waals surface area contributed by atoms with Gasteiger partial charge in [-0.3, -0.25) is 0 Å². The third-order valence-corrected chi connectivity index (χ3v) is 4.44. The molecule has 0 aliphatic heterocycles. The van der Waals surface area contributed by atoms with Gasteiger partial charge < -0.3 is 0 Å². The second-order valence-electron chi connectivity index (χ2n) is 7.63. The Morgan fingerprint density at radius 1 is 0.909 bits per heavy atom. The first-order valence-corrected chi connectivity index (χ1v) is 8.02. The number of rotatable bonds is 3. The van der Waals surface area contributed by atoms with Crippen molar-refractivity contribution in [1.82, 2.24) is 0 Å². The van der Waals surface area contributed by atoms with Crippen LogP contribution in [0.2, 0.25) is 5.02 Å². The molecule has 0 amide bonds. The summed E-state index contributed by atoms with van der Waals surface area (Å²) in [6.07, 6.45) is 0.864. The summed E-state index contributed by atoms with van der Waals surface area (Å²) in [5.74, 6) is -0.293. The lowest BCUT2D eigenvalue weighted by atomic mass is 9.78. The number of hydrogen-bond donors (Lipinski definition) is 0. The highest BCUT2D eigenvalue weighted by atomic mass is 35.5. The summed E-state index contributed by atoms with van der Waals surface area (Å²) < 4.78 is 13.2. The van der Waals surface area contributed by atoms with E-state index in [2.05, 4.69) is 58.9 Å². The lowest BCUT2D eigenvalue weighted by Crippen LogP contribution is -2.21. The van der Waals surface area contributed by atoms with E-state index in [1.165, 1.54) is 23.3 Å². The smallest absolute Gasteiger partial charge is 0.124 e. The van der Waals surface area contributed by atoms with Gasteiger partial charge in [0.1, 0.15) is 5.82 Å². The molecule has 2 heteroatoms. The predicted molar refractivity (Wildman–Crippen MR) is 93.3 cm³/mol. The molecule has 22 heavy (non-hydrogen) atoms. The lowest BCUT2D eigenvalue weighted by molar-refractivity contribution is 0.519. The van der Waals surface area contributed by atoms with Gasteiger partial charge in [0.05, 0.1) is 0 Å².